The second-order valence-corrected chi connectivity index (χ2v) is 7.62. The number of aryl methyl sites for hydroxylation is 2. The third-order valence-corrected chi connectivity index (χ3v) is 5.42. The van der Waals surface area contributed by atoms with Crippen LogP contribution < -0.4 is 10.6 Å². The molecular formula is C22H25N7O3. The predicted molar refractivity (Wildman–Crippen MR) is 116 cm³/mol. The van der Waals surface area contributed by atoms with Crippen molar-refractivity contribution in [1.29, 1.82) is 0 Å². The molecule has 0 bridgehead atoms. The van der Waals surface area contributed by atoms with Gasteiger partial charge >= 0.3 is 0 Å². The zero-order chi connectivity index (χ0) is 22.5. The van der Waals surface area contributed by atoms with Crippen LogP contribution in [0.4, 0.5) is 0 Å². The highest BCUT2D eigenvalue weighted by atomic mass is 16.5. The number of azo groups is 1. The van der Waals surface area contributed by atoms with Gasteiger partial charge in [0, 0.05) is 44.2 Å². The van der Waals surface area contributed by atoms with Crippen LogP contribution >= 0.6 is 0 Å². The molecule has 3 heterocycles. The molecule has 2 aromatic heterocycles. The maximum absolute atomic E-state index is 12.1. The first-order chi connectivity index (χ1) is 15.5. The minimum Gasteiger partial charge on any atom is -0.368 e. The lowest BCUT2D eigenvalue weighted by Crippen LogP contribution is -2.28. The van der Waals surface area contributed by atoms with Crippen molar-refractivity contribution < 1.29 is 14.1 Å². The van der Waals surface area contributed by atoms with E-state index in [1.54, 1.807) is 0 Å². The summed E-state index contributed by atoms with van der Waals surface area (Å²) in [7, 11) is 1.94. The first-order valence-corrected chi connectivity index (χ1v) is 10.5. The molecule has 166 valence electrons. The van der Waals surface area contributed by atoms with E-state index < -0.39 is 0 Å². The van der Waals surface area contributed by atoms with Crippen LogP contribution in [0, 0.1) is 12.8 Å². The average Bonchev–Trinajstić information content (AvgIpc) is 3.40. The molecule has 4 rings (SSSR count). The van der Waals surface area contributed by atoms with Crippen molar-refractivity contribution in [3.63, 3.8) is 0 Å². The van der Waals surface area contributed by atoms with E-state index in [1.807, 2.05) is 55.0 Å². The van der Waals surface area contributed by atoms with E-state index >= 15 is 0 Å². The van der Waals surface area contributed by atoms with Gasteiger partial charge in [-0.25, -0.2) is 0 Å². The Labute approximate surface area is 185 Å². The maximum Gasteiger partial charge on any atom is 0.276 e. The van der Waals surface area contributed by atoms with Gasteiger partial charge in [-0.05, 0) is 25.5 Å². The molecule has 10 nitrogen and oxygen atoms in total. The molecule has 0 aromatic carbocycles. The maximum atomic E-state index is 12.1. The Balaban J connectivity index is 1.17. The number of hydrogen-bond donors (Lipinski definition) is 2. The van der Waals surface area contributed by atoms with Gasteiger partial charge in [0.15, 0.2) is 5.82 Å². The molecule has 32 heavy (non-hydrogen) atoms. The highest BCUT2D eigenvalue weighted by Crippen LogP contribution is 2.27. The van der Waals surface area contributed by atoms with E-state index in [1.165, 1.54) is 0 Å². The Morgan fingerprint density at radius 2 is 2.09 bits per heavy atom. The van der Waals surface area contributed by atoms with Gasteiger partial charge in [-0.15, -0.1) is 10.2 Å². The third kappa shape index (κ3) is 4.74. The molecule has 2 amide bonds. The molecule has 2 aromatic rings. The van der Waals surface area contributed by atoms with Crippen molar-refractivity contribution in [2.24, 2.45) is 23.2 Å². The summed E-state index contributed by atoms with van der Waals surface area (Å²) in [6, 6.07) is 3.93. The average molecular weight is 435 g/mol. The summed E-state index contributed by atoms with van der Waals surface area (Å²) in [4.78, 5) is 28.3. The van der Waals surface area contributed by atoms with Gasteiger partial charge in [0.05, 0.1) is 11.6 Å². The predicted octanol–water partition coefficient (Wildman–Crippen LogP) is 2.36. The Kier molecular flexibility index (Phi) is 6.39. The zero-order valence-corrected chi connectivity index (χ0v) is 18.0. The number of rotatable bonds is 9. The van der Waals surface area contributed by atoms with Crippen LogP contribution in [0.3, 0.4) is 0 Å². The van der Waals surface area contributed by atoms with Gasteiger partial charge in [0.25, 0.3) is 5.91 Å². The molecule has 0 spiro atoms. The fourth-order valence-corrected chi connectivity index (χ4v) is 3.47. The molecule has 10 heteroatoms. The van der Waals surface area contributed by atoms with Crippen LogP contribution in [-0.4, -0.2) is 39.6 Å². The van der Waals surface area contributed by atoms with Crippen molar-refractivity contribution in [2.45, 2.75) is 26.2 Å². The molecule has 0 fully saturated rings. The number of nitrogens with one attached hydrogen (secondary N) is 2. The van der Waals surface area contributed by atoms with Crippen LogP contribution in [0.5, 0.6) is 0 Å². The fourth-order valence-electron chi connectivity index (χ4n) is 3.47. The lowest BCUT2D eigenvalue weighted by atomic mass is 9.93. The smallest absolute Gasteiger partial charge is 0.276 e. The Hall–Kier alpha value is -3.82. The van der Waals surface area contributed by atoms with E-state index in [0.29, 0.717) is 43.5 Å². The molecule has 1 atom stereocenters. The molecule has 2 N–H and O–H groups in total. The minimum atomic E-state index is -0.365. The van der Waals surface area contributed by atoms with E-state index in [-0.39, 0.29) is 24.2 Å². The summed E-state index contributed by atoms with van der Waals surface area (Å²) in [6.07, 6.45) is 8.73. The number of fused-ring (bicyclic) bond motifs is 1. The molecule has 0 saturated heterocycles. The van der Waals surface area contributed by atoms with Crippen molar-refractivity contribution in [3.05, 3.63) is 59.4 Å². The largest absolute Gasteiger partial charge is 0.368 e. The summed E-state index contributed by atoms with van der Waals surface area (Å²) in [5.41, 5.74) is 2.79. The van der Waals surface area contributed by atoms with Gasteiger partial charge in [-0.2, -0.15) is 4.98 Å². The summed E-state index contributed by atoms with van der Waals surface area (Å²) < 4.78 is 7.26. The number of carbonyl (C=O) groups is 2. The third-order valence-electron chi connectivity index (χ3n) is 5.42. The van der Waals surface area contributed by atoms with Crippen molar-refractivity contribution in [2.75, 3.05) is 13.1 Å². The van der Waals surface area contributed by atoms with E-state index in [4.69, 9.17) is 4.52 Å². The van der Waals surface area contributed by atoms with Crippen LogP contribution in [0.2, 0.25) is 0 Å². The zero-order valence-electron chi connectivity index (χ0n) is 18.0. The normalized spacial score (nSPS) is 17.1. The van der Waals surface area contributed by atoms with Crippen molar-refractivity contribution >= 4 is 11.8 Å². The first-order valence-electron chi connectivity index (χ1n) is 10.5. The number of aromatic nitrogens is 3. The van der Waals surface area contributed by atoms with Gasteiger partial charge < -0.3 is 19.7 Å². The van der Waals surface area contributed by atoms with Crippen molar-refractivity contribution in [3.8, 4) is 11.5 Å². The van der Waals surface area contributed by atoms with Crippen LogP contribution in [0.1, 0.15) is 24.4 Å². The van der Waals surface area contributed by atoms with Gasteiger partial charge in [-0.3, -0.25) is 9.59 Å². The molecule has 1 aliphatic heterocycles. The van der Waals surface area contributed by atoms with E-state index in [2.05, 4.69) is 31.0 Å². The summed E-state index contributed by atoms with van der Waals surface area (Å²) in [6.45, 7) is 3.12. The number of amides is 2. The molecule has 2 aliphatic rings. The van der Waals surface area contributed by atoms with Crippen LogP contribution in [0.25, 0.3) is 11.5 Å². The molecule has 0 radical (unpaired) electrons. The second-order valence-electron chi connectivity index (χ2n) is 7.62. The monoisotopic (exact) mass is 435 g/mol. The second kappa shape index (κ2) is 9.54. The SMILES string of the molecule is Cc1ccc(-c2noc(CCC(=O)NCCCNC3=C4C=CC=CC4C(=O)N=N3)n2)n1C. The van der Waals surface area contributed by atoms with E-state index in [0.717, 1.165) is 17.0 Å². The highest BCUT2D eigenvalue weighted by Gasteiger charge is 2.26. The Morgan fingerprint density at radius 3 is 2.91 bits per heavy atom. The quantitative estimate of drug-likeness (QED) is 0.582. The van der Waals surface area contributed by atoms with Crippen LogP contribution in [0.15, 0.2) is 62.6 Å². The summed E-state index contributed by atoms with van der Waals surface area (Å²) >= 11 is 0. The molecule has 1 unspecified atom stereocenters. The van der Waals surface area contributed by atoms with Gasteiger partial charge in [0.1, 0.15) is 0 Å². The molecule has 1 aliphatic carbocycles. The minimum absolute atomic E-state index is 0.0788. The van der Waals surface area contributed by atoms with Crippen molar-refractivity contribution in [1.82, 2.24) is 25.3 Å². The number of hydrogen-bond acceptors (Lipinski definition) is 7. The number of nitrogens with zero attached hydrogens (tertiary/aromatic N) is 5. The van der Waals surface area contributed by atoms with Gasteiger partial charge in [-0.1, -0.05) is 29.5 Å². The van der Waals surface area contributed by atoms with Gasteiger partial charge in [0.2, 0.25) is 17.6 Å². The first kappa shape index (κ1) is 21.4. The number of allylic oxidation sites excluding steroid dienone is 3. The summed E-state index contributed by atoms with van der Waals surface area (Å²) in [5, 5.41) is 17.7. The lowest BCUT2D eigenvalue weighted by molar-refractivity contribution is -0.121. The van der Waals surface area contributed by atoms with E-state index in [9.17, 15) is 9.59 Å². The Morgan fingerprint density at radius 1 is 1.22 bits per heavy atom. The molecular weight excluding hydrogens is 410 g/mol. The fraction of sp³-hybridized carbons (Fsp3) is 0.364. The lowest BCUT2D eigenvalue weighted by Gasteiger charge is -2.20. The topological polar surface area (TPSA) is 127 Å². The molecule has 0 saturated carbocycles. The van der Waals surface area contributed by atoms with Crippen LogP contribution in [-0.2, 0) is 23.1 Å². The highest BCUT2D eigenvalue weighted by molar-refractivity contribution is 5.86. The number of carbonyl (C=O) groups excluding carboxylic acids is 2. The Bertz CT molecular complexity index is 1140. The summed E-state index contributed by atoms with van der Waals surface area (Å²) in [5.74, 6) is 0.850. The standard InChI is InChI=1S/C22H25N7O3/c1-14-8-9-17(29(14)2)21-25-19(32-28-21)11-10-18(30)23-12-5-13-24-20-15-6-3-4-7-16(15)22(31)27-26-20/h3-4,6-9,16,24H,5,10-13H2,1-2H3,(H,23,30).